The summed E-state index contributed by atoms with van der Waals surface area (Å²) in [6, 6.07) is 6.38. The molecule has 0 unspecified atom stereocenters. The van der Waals surface area contributed by atoms with E-state index in [2.05, 4.69) is 16.0 Å². The van der Waals surface area contributed by atoms with Gasteiger partial charge in [-0.25, -0.2) is 4.98 Å². The Morgan fingerprint density at radius 2 is 2.38 bits per heavy atom. The fourth-order valence-corrected chi connectivity index (χ4v) is 3.04. The predicted molar refractivity (Wildman–Crippen MR) is 63.0 cm³/mol. The summed E-state index contributed by atoms with van der Waals surface area (Å²) in [5.74, 6) is 0. The van der Waals surface area contributed by atoms with Gasteiger partial charge in [-0.2, -0.15) is 5.26 Å². The molecule has 2 aromatic heterocycles. The van der Waals surface area contributed by atoms with E-state index in [1.807, 2.05) is 23.7 Å². The Kier molecular flexibility index (Phi) is 2.08. The smallest absolute Gasteiger partial charge is 0.114 e. The quantitative estimate of drug-likeness (QED) is 0.860. The largest absolute Gasteiger partial charge is 0.360 e. The molecule has 1 saturated carbocycles. The van der Waals surface area contributed by atoms with Crippen LogP contribution in [-0.4, -0.2) is 9.97 Å². The van der Waals surface area contributed by atoms with Crippen LogP contribution >= 0.6 is 11.3 Å². The highest BCUT2D eigenvalue weighted by Gasteiger charge is 2.41. The molecule has 2 aromatic rings. The SMILES string of the molecule is N#CC1(c2nc(-c3ccc[nH]3)cs2)CCC1. The molecule has 0 saturated heterocycles. The zero-order valence-corrected chi connectivity index (χ0v) is 9.55. The van der Waals surface area contributed by atoms with Crippen molar-refractivity contribution in [3.63, 3.8) is 0 Å². The Bertz CT molecular complexity index is 529. The Morgan fingerprint density at radius 1 is 1.50 bits per heavy atom. The van der Waals surface area contributed by atoms with Gasteiger partial charge in [-0.15, -0.1) is 11.3 Å². The van der Waals surface area contributed by atoms with Gasteiger partial charge in [0.2, 0.25) is 0 Å². The molecule has 3 nitrogen and oxygen atoms in total. The van der Waals surface area contributed by atoms with Crippen LogP contribution < -0.4 is 0 Å². The van der Waals surface area contributed by atoms with Crippen molar-refractivity contribution < 1.29 is 0 Å². The standard InChI is InChI=1S/C12H11N3S/c13-8-12(4-2-5-12)11-15-10(7-16-11)9-3-1-6-14-9/h1,3,6-7,14H,2,4-5H2. The zero-order valence-electron chi connectivity index (χ0n) is 8.73. The van der Waals surface area contributed by atoms with Crippen LogP contribution in [0.2, 0.25) is 0 Å². The third-order valence-electron chi connectivity index (χ3n) is 3.21. The number of rotatable bonds is 2. The van der Waals surface area contributed by atoms with Gasteiger partial charge in [0.15, 0.2) is 0 Å². The average molecular weight is 229 g/mol. The summed E-state index contributed by atoms with van der Waals surface area (Å²) in [6.45, 7) is 0. The minimum absolute atomic E-state index is 0.282. The minimum atomic E-state index is -0.282. The number of hydrogen-bond acceptors (Lipinski definition) is 3. The topological polar surface area (TPSA) is 52.5 Å². The molecule has 1 fully saturated rings. The molecule has 0 atom stereocenters. The van der Waals surface area contributed by atoms with E-state index in [0.717, 1.165) is 35.7 Å². The van der Waals surface area contributed by atoms with Gasteiger partial charge in [-0.1, -0.05) is 0 Å². The summed E-state index contributed by atoms with van der Waals surface area (Å²) in [5.41, 5.74) is 1.69. The van der Waals surface area contributed by atoms with Crippen molar-refractivity contribution in [1.82, 2.24) is 9.97 Å². The first-order valence-electron chi connectivity index (χ1n) is 5.35. The van der Waals surface area contributed by atoms with Crippen molar-refractivity contribution in [3.05, 3.63) is 28.7 Å². The first kappa shape index (κ1) is 9.61. The normalized spacial score (nSPS) is 17.7. The van der Waals surface area contributed by atoms with Crippen LogP contribution in [0, 0.1) is 11.3 Å². The first-order chi connectivity index (χ1) is 7.84. The maximum absolute atomic E-state index is 9.24. The molecule has 0 radical (unpaired) electrons. The number of nitriles is 1. The molecule has 0 spiro atoms. The van der Waals surface area contributed by atoms with Crippen LogP contribution in [-0.2, 0) is 5.41 Å². The highest BCUT2D eigenvalue weighted by Crippen LogP contribution is 2.44. The van der Waals surface area contributed by atoms with E-state index < -0.39 is 0 Å². The van der Waals surface area contributed by atoms with Crippen molar-refractivity contribution in [1.29, 1.82) is 5.26 Å². The van der Waals surface area contributed by atoms with E-state index in [0.29, 0.717) is 0 Å². The molecule has 2 heterocycles. The Morgan fingerprint density at radius 3 is 2.94 bits per heavy atom. The van der Waals surface area contributed by atoms with Crippen molar-refractivity contribution in [3.8, 4) is 17.5 Å². The molecule has 1 N–H and O–H groups in total. The molecule has 80 valence electrons. The summed E-state index contributed by atoms with van der Waals surface area (Å²) < 4.78 is 0. The Balaban J connectivity index is 1.97. The highest BCUT2D eigenvalue weighted by atomic mass is 32.1. The fraction of sp³-hybridized carbons (Fsp3) is 0.333. The number of hydrogen-bond donors (Lipinski definition) is 1. The lowest BCUT2D eigenvalue weighted by molar-refractivity contribution is 0.323. The maximum atomic E-state index is 9.24. The maximum Gasteiger partial charge on any atom is 0.114 e. The van der Waals surface area contributed by atoms with Gasteiger partial charge in [0, 0.05) is 11.6 Å². The number of aromatic nitrogens is 2. The second-order valence-electron chi connectivity index (χ2n) is 4.17. The number of aromatic amines is 1. The van der Waals surface area contributed by atoms with Gasteiger partial charge < -0.3 is 4.98 Å². The van der Waals surface area contributed by atoms with Crippen LogP contribution in [0.4, 0.5) is 0 Å². The molecule has 0 aliphatic heterocycles. The van der Waals surface area contributed by atoms with Gasteiger partial charge in [0.1, 0.15) is 10.4 Å². The lowest BCUT2D eigenvalue weighted by Gasteiger charge is -2.32. The molecule has 16 heavy (non-hydrogen) atoms. The van der Waals surface area contributed by atoms with Crippen molar-refractivity contribution >= 4 is 11.3 Å². The fourth-order valence-electron chi connectivity index (χ4n) is 2.01. The molecule has 1 aliphatic rings. The van der Waals surface area contributed by atoms with Crippen LogP contribution in [0.25, 0.3) is 11.4 Å². The summed E-state index contributed by atoms with van der Waals surface area (Å²) in [6.07, 6.45) is 4.95. The molecular weight excluding hydrogens is 218 g/mol. The Hall–Kier alpha value is -1.60. The molecule has 3 rings (SSSR count). The van der Waals surface area contributed by atoms with E-state index in [9.17, 15) is 5.26 Å². The van der Waals surface area contributed by atoms with Crippen LogP contribution in [0.3, 0.4) is 0 Å². The third-order valence-corrected chi connectivity index (χ3v) is 4.25. The first-order valence-corrected chi connectivity index (χ1v) is 6.23. The number of thiazole rings is 1. The summed E-state index contributed by atoms with van der Waals surface area (Å²) in [4.78, 5) is 7.72. The molecule has 0 aromatic carbocycles. The summed E-state index contributed by atoms with van der Waals surface area (Å²) >= 11 is 1.60. The lowest BCUT2D eigenvalue weighted by Crippen LogP contribution is -2.32. The molecular formula is C12H11N3S. The van der Waals surface area contributed by atoms with Gasteiger partial charge in [-0.3, -0.25) is 0 Å². The highest BCUT2D eigenvalue weighted by molar-refractivity contribution is 7.10. The van der Waals surface area contributed by atoms with Gasteiger partial charge in [-0.05, 0) is 31.4 Å². The number of nitrogens with zero attached hydrogens (tertiary/aromatic N) is 2. The van der Waals surface area contributed by atoms with E-state index in [-0.39, 0.29) is 5.41 Å². The van der Waals surface area contributed by atoms with E-state index in [1.165, 1.54) is 0 Å². The average Bonchev–Trinajstić information content (AvgIpc) is 2.86. The second kappa shape index (κ2) is 3.46. The van der Waals surface area contributed by atoms with Crippen LogP contribution in [0.5, 0.6) is 0 Å². The van der Waals surface area contributed by atoms with Gasteiger partial charge >= 0.3 is 0 Å². The minimum Gasteiger partial charge on any atom is -0.360 e. The molecule has 4 heteroatoms. The zero-order chi connectivity index (χ0) is 11.0. The van der Waals surface area contributed by atoms with Crippen molar-refractivity contribution in [2.24, 2.45) is 0 Å². The van der Waals surface area contributed by atoms with Crippen molar-refractivity contribution in [2.75, 3.05) is 0 Å². The predicted octanol–water partition coefficient (Wildman–Crippen LogP) is 3.08. The molecule has 0 amide bonds. The van der Waals surface area contributed by atoms with E-state index >= 15 is 0 Å². The van der Waals surface area contributed by atoms with Gasteiger partial charge in [0.25, 0.3) is 0 Å². The van der Waals surface area contributed by atoms with E-state index in [4.69, 9.17) is 0 Å². The number of H-pyrrole nitrogens is 1. The summed E-state index contributed by atoms with van der Waals surface area (Å²) in [7, 11) is 0. The molecule has 1 aliphatic carbocycles. The monoisotopic (exact) mass is 229 g/mol. The van der Waals surface area contributed by atoms with Crippen LogP contribution in [0.1, 0.15) is 24.3 Å². The van der Waals surface area contributed by atoms with Crippen LogP contribution in [0.15, 0.2) is 23.7 Å². The summed E-state index contributed by atoms with van der Waals surface area (Å²) in [5, 5.41) is 12.2. The van der Waals surface area contributed by atoms with Gasteiger partial charge in [0.05, 0.1) is 17.5 Å². The van der Waals surface area contributed by atoms with E-state index in [1.54, 1.807) is 11.3 Å². The Labute approximate surface area is 97.8 Å². The lowest BCUT2D eigenvalue weighted by atomic mass is 9.70. The number of nitrogens with one attached hydrogen (secondary N) is 1. The third kappa shape index (κ3) is 1.29. The molecule has 0 bridgehead atoms. The second-order valence-corrected chi connectivity index (χ2v) is 5.03. The van der Waals surface area contributed by atoms with Crippen molar-refractivity contribution in [2.45, 2.75) is 24.7 Å².